The average Bonchev–Trinajstić information content (AvgIpc) is 3.06. The molecule has 3 aromatic rings. The van der Waals surface area contributed by atoms with Crippen LogP contribution in [0.5, 0.6) is 0 Å². The van der Waals surface area contributed by atoms with Gasteiger partial charge in [0.1, 0.15) is 0 Å². The van der Waals surface area contributed by atoms with Crippen LogP contribution in [-0.4, -0.2) is 4.98 Å². The van der Waals surface area contributed by atoms with Gasteiger partial charge in [-0.15, -0.1) is 0 Å². The van der Waals surface area contributed by atoms with Crippen molar-refractivity contribution in [1.82, 2.24) is 4.98 Å². The second kappa shape index (κ2) is 6.42. The Kier molecular flexibility index (Phi) is 4.62. The molecule has 0 spiro atoms. The van der Waals surface area contributed by atoms with Crippen LogP contribution < -0.4 is 0 Å². The lowest BCUT2D eigenvalue weighted by Gasteiger charge is -1.99. The smallest absolute Gasteiger partial charge is 0.0462 e. The first-order chi connectivity index (χ1) is 9.93. The molecule has 4 rings (SSSR count). The fourth-order valence-electron chi connectivity index (χ4n) is 2.75. The van der Waals surface area contributed by atoms with Gasteiger partial charge in [0.25, 0.3) is 0 Å². The van der Waals surface area contributed by atoms with Crippen molar-refractivity contribution in [2.75, 3.05) is 0 Å². The number of hydrogen-bond acceptors (Lipinski definition) is 0. The molecule has 1 heteroatoms. The maximum Gasteiger partial charge on any atom is 0.0462 e. The van der Waals surface area contributed by atoms with Gasteiger partial charge in [-0.3, -0.25) is 0 Å². The number of aromatic nitrogens is 1. The predicted octanol–water partition coefficient (Wildman–Crippen LogP) is 5.79. The lowest BCUT2D eigenvalue weighted by molar-refractivity contribution is 1.17. The zero-order valence-electron chi connectivity index (χ0n) is 12.8. The van der Waals surface area contributed by atoms with Crippen LogP contribution in [-0.2, 0) is 6.42 Å². The fourth-order valence-corrected chi connectivity index (χ4v) is 2.75. The number of hydrogen-bond donors (Lipinski definition) is 1. The van der Waals surface area contributed by atoms with Crippen LogP contribution in [0.4, 0.5) is 0 Å². The van der Waals surface area contributed by atoms with Crippen molar-refractivity contribution in [3.63, 3.8) is 0 Å². The van der Waals surface area contributed by atoms with Gasteiger partial charge in [-0.2, -0.15) is 0 Å². The lowest BCUT2D eigenvalue weighted by atomic mass is 10.0. The van der Waals surface area contributed by atoms with Gasteiger partial charge in [0.2, 0.25) is 0 Å². The summed E-state index contributed by atoms with van der Waals surface area (Å²) < 4.78 is 0. The molecule has 0 bridgehead atoms. The van der Waals surface area contributed by atoms with E-state index >= 15 is 0 Å². The second-order valence-electron chi connectivity index (χ2n) is 4.36. The molecule has 2 aromatic carbocycles. The molecule has 0 aliphatic heterocycles. The quantitative estimate of drug-likeness (QED) is 0.414. The third-order valence-corrected chi connectivity index (χ3v) is 3.44. The van der Waals surface area contributed by atoms with Gasteiger partial charge in [0.05, 0.1) is 0 Å². The van der Waals surface area contributed by atoms with E-state index in [2.05, 4.69) is 53.5 Å². The molecule has 104 valence electrons. The molecule has 0 fully saturated rings. The first kappa shape index (κ1) is 14.4. The number of H-pyrrole nitrogens is 1. The Balaban J connectivity index is 0.000000340. The SMILES string of the molecule is CC.CC.c1ccc2c(c1)Cc1[nH]c3ccccc3c1-2. The van der Waals surface area contributed by atoms with E-state index in [9.17, 15) is 0 Å². The summed E-state index contributed by atoms with van der Waals surface area (Å²) in [6.07, 6.45) is 1.04. The number of fused-ring (bicyclic) bond motifs is 5. The lowest BCUT2D eigenvalue weighted by Crippen LogP contribution is -1.81. The van der Waals surface area contributed by atoms with Crippen molar-refractivity contribution in [1.29, 1.82) is 0 Å². The monoisotopic (exact) mass is 265 g/mol. The van der Waals surface area contributed by atoms with Crippen molar-refractivity contribution >= 4 is 10.9 Å². The van der Waals surface area contributed by atoms with Crippen LogP contribution in [0.25, 0.3) is 22.0 Å². The third kappa shape index (κ3) is 2.24. The van der Waals surface area contributed by atoms with Crippen LogP contribution >= 0.6 is 0 Å². The van der Waals surface area contributed by atoms with Gasteiger partial charge in [-0.25, -0.2) is 0 Å². The number of para-hydroxylation sites is 1. The summed E-state index contributed by atoms with van der Waals surface area (Å²) in [6.45, 7) is 8.00. The Labute approximate surface area is 121 Å². The highest BCUT2D eigenvalue weighted by Gasteiger charge is 2.21. The third-order valence-electron chi connectivity index (χ3n) is 3.44. The summed E-state index contributed by atoms with van der Waals surface area (Å²) in [5.41, 5.74) is 6.86. The maximum absolute atomic E-state index is 3.52. The van der Waals surface area contributed by atoms with E-state index in [1.807, 2.05) is 27.7 Å². The zero-order valence-corrected chi connectivity index (χ0v) is 12.8. The van der Waals surface area contributed by atoms with Crippen LogP contribution in [0, 0.1) is 0 Å². The minimum absolute atomic E-state index is 1.04. The summed E-state index contributed by atoms with van der Waals surface area (Å²) in [5, 5.41) is 1.35. The highest BCUT2D eigenvalue weighted by molar-refractivity contribution is 6.00. The van der Waals surface area contributed by atoms with E-state index in [-0.39, 0.29) is 0 Å². The van der Waals surface area contributed by atoms with Crippen molar-refractivity contribution in [2.24, 2.45) is 0 Å². The van der Waals surface area contributed by atoms with E-state index in [0.717, 1.165) is 6.42 Å². The molecule has 1 nitrogen and oxygen atoms in total. The first-order valence-corrected chi connectivity index (χ1v) is 7.61. The molecule has 0 saturated heterocycles. The number of benzene rings is 2. The van der Waals surface area contributed by atoms with Gasteiger partial charge in [-0.1, -0.05) is 70.2 Å². The van der Waals surface area contributed by atoms with Crippen LogP contribution in [0.3, 0.4) is 0 Å². The van der Waals surface area contributed by atoms with Gasteiger partial charge in [0.15, 0.2) is 0 Å². The molecule has 0 radical (unpaired) electrons. The molecular weight excluding hydrogens is 242 g/mol. The Morgan fingerprint density at radius 3 is 2.25 bits per heavy atom. The predicted molar refractivity (Wildman–Crippen MR) is 89.2 cm³/mol. The zero-order chi connectivity index (χ0) is 14.5. The summed E-state index contributed by atoms with van der Waals surface area (Å²) in [6, 6.07) is 17.2. The van der Waals surface area contributed by atoms with E-state index in [1.165, 1.54) is 33.3 Å². The number of nitrogens with one attached hydrogen (secondary N) is 1. The second-order valence-corrected chi connectivity index (χ2v) is 4.36. The standard InChI is InChI=1S/C15H11N.2C2H6/c1-2-6-11-10(5-1)9-14-15(11)12-7-3-4-8-13(12)16-14;2*1-2/h1-8,16H,9H2;2*1-2H3. The van der Waals surface area contributed by atoms with E-state index in [1.54, 1.807) is 0 Å². The molecule has 0 saturated carbocycles. The Morgan fingerprint density at radius 1 is 0.800 bits per heavy atom. The minimum atomic E-state index is 1.04. The van der Waals surface area contributed by atoms with Crippen molar-refractivity contribution in [3.05, 3.63) is 59.8 Å². The molecule has 0 amide bonds. The molecule has 1 aliphatic rings. The Hall–Kier alpha value is -2.02. The van der Waals surface area contributed by atoms with E-state index < -0.39 is 0 Å². The van der Waals surface area contributed by atoms with Crippen molar-refractivity contribution in [2.45, 2.75) is 34.1 Å². The summed E-state index contributed by atoms with van der Waals surface area (Å²) in [5.74, 6) is 0. The molecule has 1 heterocycles. The summed E-state index contributed by atoms with van der Waals surface area (Å²) >= 11 is 0. The van der Waals surface area contributed by atoms with E-state index in [4.69, 9.17) is 0 Å². The highest BCUT2D eigenvalue weighted by Crippen LogP contribution is 2.40. The Bertz CT molecular complexity index is 692. The van der Waals surface area contributed by atoms with Crippen LogP contribution in [0.1, 0.15) is 39.0 Å². The molecule has 1 aliphatic carbocycles. The molecule has 0 unspecified atom stereocenters. The van der Waals surface area contributed by atoms with Crippen LogP contribution in [0.15, 0.2) is 48.5 Å². The Morgan fingerprint density at radius 2 is 1.45 bits per heavy atom. The molecule has 1 aromatic heterocycles. The molecule has 0 atom stereocenters. The number of rotatable bonds is 0. The molecule has 20 heavy (non-hydrogen) atoms. The van der Waals surface area contributed by atoms with Gasteiger partial charge >= 0.3 is 0 Å². The average molecular weight is 265 g/mol. The first-order valence-electron chi connectivity index (χ1n) is 7.61. The topological polar surface area (TPSA) is 15.8 Å². The normalized spacial score (nSPS) is 10.8. The molecular formula is C19H23N. The minimum Gasteiger partial charge on any atom is -0.358 e. The maximum atomic E-state index is 3.52. The summed E-state index contributed by atoms with van der Waals surface area (Å²) in [7, 11) is 0. The highest BCUT2D eigenvalue weighted by atomic mass is 14.7. The van der Waals surface area contributed by atoms with E-state index in [0.29, 0.717) is 0 Å². The molecule has 1 N–H and O–H groups in total. The van der Waals surface area contributed by atoms with Crippen molar-refractivity contribution in [3.8, 4) is 11.1 Å². The summed E-state index contributed by atoms with van der Waals surface area (Å²) in [4.78, 5) is 3.52. The fraction of sp³-hybridized carbons (Fsp3) is 0.263. The van der Waals surface area contributed by atoms with Gasteiger partial charge < -0.3 is 4.98 Å². The van der Waals surface area contributed by atoms with Gasteiger partial charge in [0, 0.05) is 28.6 Å². The van der Waals surface area contributed by atoms with Gasteiger partial charge in [-0.05, 0) is 17.2 Å². The largest absolute Gasteiger partial charge is 0.358 e. The van der Waals surface area contributed by atoms with Crippen molar-refractivity contribution < 1.29 is 0 Å². The van der Waals surface area contributed by atoms with Crippen LogP contribution in [0.2, 0.25) is 0 Å². The number of aromatic amines is 1.